The number of anilines is 1. The minimum Gasteiger partial charge on any atom is -0.486 e. The molecular weight excluding hydrogens is 693 g/mol. The number of fused-ring (bicyclic) bond motifs is 1. The number of benzene rings is 3. The highest BCUT2D eigenvalue weighted by atomic mass is 32.2. The Morgan fingerprint density at radius 2 is 1.69 bits per heavy atom. The molecule has 52 heavy (non-hydrogen) atoms. The van der Waals surface area contributed by atoms with Crippen molar-refractivity contribution in [3.63, 3.8) is 0 Å². The summed E-state index contributed by atoms with van der Waals surface area (Å²) in [4.78, 5) is 51.8. The van der Waals surface area contributed by atoms with E-state index in [-0.39, 0.29) is 18.1 Å². The lowest BCUT2D eigenvalue weighted by Crippen LogP contribution is -2.57. The standard InChI is InChI=1S/C38H42FN3O9S/c39-26-9-11-27(12-10-26)42-35(36(37(42)46)52-22-30(43)25-8-15-31-32(19-25)50-17-16-49-31)24-6-13-28(14-7-24)51-21-34(45)40-20-33(44)41-29(38(47)48)18-23-4-2-1-3-5-23/h6-15,19,23,29-30,35-36,43H,1-5,16-18,20-22H2,(H,40,45)(H,41,44)(H,47,48)/t29-,30?,35+,36+/m0/s1/i23D. The van der Waals surface area contributed by atoms with Gasteiger partial charge in [-0.1, -0.05) is 50.3 Å². The van der Waals surface area contributed by atoms with Crippen LogP contribution in [-0.4, -0.2) is 77.3 Å². The molecule has 3 aliphatic rings. The van der Waals surface area contributed by atoms with Crippen LogP contribution in [-0.2, 0) is 19.2 Å². The number of nitrogens with zero attached hydrogens (tertiary/aromatic N) is 1. The van der Waals surface area contributed by atoms with Crippen LogP contribution < -0.4 is 29.7 Å². The van der Waals surface area contributed by atoms with E-state index in [1.807, 2.05) is 0 Å². The molecule has 2 aliphatic heterocycles. The Kier molecular flexibility index (Phi) is 11.7. The van der Waals surface area contributed by atoms with Gasteiger partial charge in [0.05, 0.1) is 18.7 Å². The third kappa shape index (κ3) is 9.15. The van der Waals surface area contributed by atoms with Gasteiger partial charge in [-0.15, -0.1) is 11.8 Å². The van der Waals surface area contributed by atoms with E-state index in [2.05, 4.69) is 10.6 Å². The largest absolute Gasteiger partial charge is 0.486 e. The molecule has 2 heterocycles. The number of β-lactam (4-membered cyclic amide) rings is 1. The van der Waals surface area contributed by atoms with E-state index in [0.29, 0.717) is 54.6 Å². The Morgan fingerprint density at radius 1 is 0.981 bits per heavy atom. The summed E-state index contributed by atoms with van der Waals surface area (Å²) in [5, 5.41) is 24.9. The third-order valence-corrected chi connectivity index (χ3v) is 10.6. The monoisotopic (exact) mass is 736 g/mol. The maximum atomic E-state index is 13.7. The molecule has 0 spiro atoms. The van der Waals surface area contributed by atoms with Gasteiger partial charge in [-0.05, 0) is 72.0 Å². The van der Waals surface area contributed by atoms with Gasteiger partial charge in [0.25, 0.3) is 5.91 Å². The van der Waals surface area contributed by atoms with Crippen LogP contribution in [0.25, 0.3) is 0 Å². The van der Waals surface area contributed by atoms with Crippen molar-refractivity contribution in [2.45, 2.75) is 62.0 Å². The van der Waals surface area contributed by atoms with Crippen LogP contribution in [0.2, 0.25) is 0 Å². The number of carbonyl (C=O) groups is 4. The second kappa shape index (κ2) is 17.1. The summed E-state index contributed by atoms with van der Waals surface area (Å²) in [6, 6.07) is 16.0. The van der Waals surface area contributed by atoms with Crippen LogP contribution in [0.4, 0.5) is 10.1 Å². The molecule has 276 valence electrons. The van der Waals surface area contributed by atoms with Gasteiger partial charge >= 0.3 is 5.97 Å². The molecule has 3 amide bonds. The Bertz CT molecular complexity index is 1790. The number of aliphatic hydroxyl groups is 1. The number of aliphatic hydroxyl groups excluding tert-OH is 1. The maximum absolute atomic E-state index is 13.7. The van der Waals surface area contributed by atoms with Gasteiger partial charge in [-0.3, -0.25) is 14.4 Å². The van der Waals surface area contributed by atoms with E-state index in [1.165, 1.54) is 36.0 Å². The van der Waals surface area contributed by atoms with Crippen LogP contribution in [0.15, 0.2) is 66.7 Å². The summed E-state index contributed by atoms with van der Waals surface area (Å²) in [5.74, 6) is -2.28. The highest BCUT2D eigenvalue weighted by Gasteiger charge is 2.49. The van der Waals surface area contributed by atoms with Crippen molar-refractivity contribution < 1.29 is 49.4 Å². The average Bonchev–Trinajstić information content (AvgIpc) is 3.16. The highest BCUT2D eigenvalue weighted by Crippen LogP contribution is 2.46. The first kappa shape index (κ1) is 35.6. The second-order valence-corrected chi connectivity index (χ2v) is 14.1. The molecule has 12 nitrogen and oxygen atoms in total. The number of aliphatic carboxylic acids is 1. The zero-order valence-electron chi connectivity index (χ0n) is 29.4. The summed E-state index contributed by atoms with van der Waals surface area (Å²) < 4.78 is 39.1. The zero-order chi connectivity index (χ0) is 37.5. The van der Waals surface area contributed by atoms with Gasteiger partial charge in [0.2, 0.25) is 11.8 Å². The normalized spacial score (nSPS) is 20.5. The molecule has 4 N–H and O–H groups in total. The van der Waals surface area contributed by atoms with Crippen LogP contribution >= 0.6 is 11.8 Å². The number of carbonyl (C=O) groups excluding carboxylic acids is 3. The van der Waals surface area contributed by atoms with Crippen molar-refractivity contribution in [3.05, 3.63) is 83.7 Å². The van der Waals surface area contributed by atoms with Crippen molar-refractivity contribution in [3.8, 4) is 17.2 Å². The molecule has 0 radical (unpaired) electrons. The van der Waals surface area contributed by atoms with Crippen LogP contribution in [0.5, 0.6) is 17.2 Å². The number of nitrogens with one attached hydrogen (secondary N) is 2. The number of rotatable bonds is 15. The van der Waals surface area contributed by atoms with E-state index in [4.69, 9.17) is 15.6 Å². The number of amides is 3. The highest BCUT2D eigenvalue weighted by molar-refractivity contribution is 8.00. The van der Waals surface area contributed by atoms with Gasteiger partial charge in [0.1, 0.15) is 36.1 Å². The number of carboxylic acid groups (broad SMARTS) is 1. The third-order valence-electron chi connectivity index (χ3n) is 9.26. The van der Waals surface area contributed by atoms with Crippen molar-refractivity contribution in [2.75, 3.05) is 37.0 Å². The maximum Gasteiger partial charge on any atom is 0.326 e. The first-order chi connectivity index (χ1) is 25.5. The fourth-order valence-electron chi connectivity index (χ4n) is 6.53. The van der Waals surface area contributed by atoms with Gasteiger partial charge in [0.15, 0.2) is 18.1 Å². The molecule has 6 rings (SSSR count). The van der Waals surface area contributed by atoms with Gasteiger partial charge in [-0.25, -0.2) is 9.18 Å². The summed E-state index contributed by atoms with van der Waals surface area (Å²) in [7, 11) is 0. The minimum absolute atomic E-state index is 0.000355. The molecule has 3 aromatic carbocycles. The Labute approximate surface area is 306 Å². The molecule has 2 fully saturated rings. The molecular formula is C38H42FN3O9S. The van der Waals surface area contributed by atoms with Crippen LogP contribution in [0, 0.1) is 11.7 Å². The summed E-state index contributed by atoms with van der Waals surface area (Å²) in [5.41, 5.74) is 1.91. The summed E-state index contributed by atoms with van der Waals surface area (Å²) in [6.45, 7) is 0.00779. The van der Waals surface area contributed by atoms with Crippen LogP contribution in [0.1, 0.15) is 63.2 Å². The Morgan fingerprint density at radius 3 is 2.40 bits per heavy atom. The molecule has 3 aromatic rings. The van der Waals surface area contributed by atoms with E-state index >= 15 is 0 Å². The van der Waals surface area contributed by atoms with E-state index < -0.39 is 66.1 Å². The SMILES string of the molecule is [2H]C1(C[C@H](NC(=O)CNC(=O)COc2ccc([C@@H]3[C@@H](SCC(O)c4ccc5c(c4)OCCO5)C(=O)N3c3ccc(F)cc3)cc2)C(=O)O)CCCCC1. The number of halogens is 1. The number of hydrogen-bond acceptors (Lipinski definition) is 9. The molecule has 14 heteroatoms. The molecule has 0 bridgehead atoms. The lowest BCUT2D eigenvalue weighted by molar-refractivity contribution is -0.142. The topological polar surface area (TPSA) is 164 Å². The average molecular weight is 737 g/mol. The van der Waals surface area contributed by atoms with Gasteiger partial charge in [-0.2, -0.15) is 0 Å². The molecule has 1 saturated heterocycles. The Balaban J connectivity index is 1.03. The van der Waals surface area contributed by atoms with Crippen molar-refractivity contribution in [1.82, 2.24) is 10.6 Å². The first-order valence-corrected chi connectivity index (χ1v) is 18.3. The summed E-state index contributed by atoms with van der Waals surface area (Å²) in [6.07, 6.45) is 3.00. The number of carboxylic acids is 1. The number of ether oxygens (including phenoxy) is 3. The van der Waals surface area contributed by atoms with Crippen molar-refractivity contribution in [1.29, 1.82) is 0 Å². The smallest absolute Gasteiger partial charge is 0.326 e. The van der Waals surface area contributed by atoms with E-state index in [0.717, 1.165) is 24.8 Å². The quantitative estimate of drug-likeness (QED) is 0.163. The predicted octanol–water partition coefficient (Wildman–Crippen LogP) is 4.56. The summed E-state index contributed by atoms with van der Waals surface area (Å²) >= 11 is 1.31. The van der Waals surface area contributed by atoms with E-state index in [1.54, 1.807) is 47.4 Å². The van der Waals surface area contributed by atoms with Gasteiger partial charge < -0.3 is 40.0 Å². The lowest BCUT2D eigenvalue weighted by Gasteiger charge is -2.47. The number of hydrogen-bond donors (Lipinski definition) is 4. The molecule has 4 atom stereocenters. The fourth-order valence-corrected chi connectivity index (χ4v) is 7.83. The lowest BCUT2D eigenvalue weighted by atomic mass is 9.85. The number of thioether (sulfide) groups is 1. The molecule has 1 saturated carbocycles. The Hall–Kier alpha value is -4.82. The van der Waals surface area contributed by atoms with Gasteiger partial charge in [0, 0.05) is 12.8 Å². The molecule has 0 aromatic heterocycles. The zero-order valence-corrected chi connectivity index (χ0v) is 29.2. The predicted molar refractivity (Wildman–Crippen MR) is 191 cm³/mol. The molecule has 1 unspecified atom stereocenters. The van der Waals surface area contributed by atoms with E-state index in [9.17, 15) is 33.8 Å². The van der Waals surface area contributed by atoms with Crippen molar-refractivity contribution >= 4 is 41.1 Å². The molecule has 1 aliphatic carbocycles. The fraction of sp³-hybridized carbons (Fsp3) is 0.421. The first-order valence-electron chi connectivity index (χ1n) is 17.8. The van der Waals surface area contributed by atoms with Crippen LogP contribution in [0.3, 0.4) is 0 Å². The van der Waals surface area contributed by atoms with Crippen molar-refractivity contribution in [2.24, 2.45) is 5.89 Å². The minimum atomic E-state index is -1.22. The second-order valence-electron chi connectivity index (χ2n) is 12.9.